The van der Waals surface area contributed by atoms with Crippen LogP contribution in [0.3, 0.4) is 0 Å². The first kappa shape index (κ1) is 38.1. The molecule has 0 saturated carbocycles. The summed E-state index contributed by atoms with van der Waals surface area (Å²) in [6.07, 6.45) is -0.829. The van der Waals surface area contributed by atoms with Crippen LogP contribution in [0.5, 0.6) is 0 Å². The van der Waals surface area contributed by atoms with Crippen LogP contribution < -0.4 is 10.6 Å². The Morgan fingerprint density at radius 3 is 2.33 bits per heavy atom. The predicted octanol–water partition coefficient (Wildman–Crippen LogP) is 6.47. The molecule has 1 aliphatic heterocycles. The van der Waals surface area contributed by atoms with Gasteiger partial charge in [0, 0.05) is 6.54 Å². The second kappa shape index (κ2) is 15.9. The lowest BCUT2D eigenvalue weighted by Gasteiger charge is -2.36. The average molecular weight is 695 g/mol. The summed E-state index contributed by atoms with van der Waals surface area (Å²) in [6, 6.07) is 12.6. The number of ether oxygens (including phenoxy) is 1. The Morgan fingerprint density at radius 2 is 1.69 bits per heavy atom. The standard InChI is InChI=1S/C37H54N4O7Si/c1-23(2)30(32(42)34-38-27-20-26(17-18-29(27)48-34)22-47-49(8,9)37(5,6)7)39-33(43)28-16-13-19-41(28)35(44)31(24(3)4)40-36(45)46-21-25-14-11-10-12-15-25/h10-12,14-15,17-18,20,23-24,28,30-32,42H,13,16,19,21-22H2,1-9H3,(H,39,43)(H,40,45)/t28-,30-,31-,32?/m0/s1. The van der Waals surface area contributed by atoms with Crippen molar-refractivity contribution in [2.24, 2.45) is 11.8 Å². The van der Waals surface area contributed by atoms with Crippen LogP contribution in [-0.2, 0) is 32.0 Å². The number of benzene rings is 2. The quantitative estimate of drug-likeness (QED) is 0.173. The van der Waals surface area contributed by atoms with Crippen LogP contribution in [-0.4, -0.2) is 65.9 Å². The second-order valence-electron chi connectivity index (χ2n) is 15.2. The van der Waals surface area contributed by atoms with Gasteiger partial charge in [0.25, 0.3) is 0 Å². The molecule has 3 aromatic rings. The van der Waals surface area contributed by atoms with Crippen molar-refractivity contribution < 1.29 is 33.1 Å². The van der Waals surface area contributed by atoms with Gasteiger partial charge in [-0.25, -0.2) is 9.78 Å². The summed E-state index contributed by atoms with van der Waals surface area (Å²) < 4.78 is 17.7. The summed E-state index contributed by atoms with van der Waals surface area (Å²) in [7, 11) is -1.94. The maximum atomic E-state index is 13.8. The van der Waals surface area contributed by atoms with Crippen molar-refractivity contribution in [3.8, 4) is 0 Å². The Labute approximate surface area is 291 Å². The summed E-state index contributed by atoms with van der Waals surface area (Å²) in [5.74, 6) is -1.05. The number of oxazole rings is 1. The monoisotopic (exact) mass is 694 g/mol. The van der Waals surface area contributed by atoms with E-state index in [4.69, 9.17) is 13.6 Å². The molecule has 0 radical (unpaired) electrons. The summed E-state index contributed by atoms with van der Waals surface area (Å²) in [6.45, 7) is 19.4. The topological polar surface area (TPSA) is 143 Å². The fraction of sp³-hybridized carbons (Fsp3) is 0.568. The molecule has 12 heteroatoms. The number of likely N-dealkylation sites (tertiary alicyclic amines) is 1. The van der Waals surface area contributed by atoms with E-state index in [-0.39, 0.29) is 41.2 Å². The van der Waals surface area contributed by atoms with Gasteiger partial charge in [-0.3, -0.25) is 9.59 Å². The molecule has 1 fully saturated rings. The van der Waals surface area contributed by atoms with Gasteiger partial charge in [-0.1, -0.05) is 84.9 Å². The van der Waals surface area contributed by atoms with E-state index < -0.39 is 38.6 Å². The molecule has 2 heterocycles. The zero-order valence-electron chi connectivity index (χ0n) is 30.4. The van der Waals surface area contributed by atoms with E-state index >= 15 is 0 Å². The van der Waals surface area contributed by atoms with Crippen molar-refractivity contribution in [3.63, 3.8) is 0 Å². The van der Waals surface area contributed by atoms with E-state index in [0.717, 1.165) is 11.1 Å². The number of fused-ring (bicyclic) bond motifs is 1. The number of nitrogens with zero attached hydrogens (tertiary/aromatic N) is 2. The Kier molecular flexibility index (Phi) is 12.3. The maximum absolute atomic E-state index is 13.8. The van der Waals surface area contributed by atoms with Crippen molar-refractivity contribution in [1.82, 2.24) is 20.5 Å². The van der Waals surface area contributed by atoms with E-state index in [9.17, 15) is 19.5 Å². The zero-order chi connectivity index (χ0) is 36.1. The highest BCUT2D eigenvalue weighted by molar-refractivity contribution is 6.74. The smallest absolute Gasteiger partial charge is 0.408 e. The molecule has 4 atom stereocenters. The van der Waals surface area contributed by atoms with Crippen LogP contribution in [0.1, 0.15) is 84.4 Å². The lowest BCUT2D eigenvalue weighted by atomic mass is 9.97. The van der Waals surface area contributed by atoms with Gasteiger partial charge in [0.15, 0.2) is 20.0 Å². The summed E-state index contributed by atoms with van der Waals surface area (Å²) >= 11 is 0. The Morgan fingerprint density at radius 1 is 1.00 bits per heavy atom. The van der Waals surface area contributed by atoms with E-state index in [1.807, 2.05) is 76.2 Å². The maximum Gasteiger partial charge on any atom is 0.408 e. The first-order valence-electron chi connectivity index (χ1n) is 17.3. The minimum atomic E-state index is -1.94. The number of aliphatic hydroxyl groups is 1. The SMILES string of the molecule is CC(C)[C@H](NC(=O)[C@@H]1CCCN1C(=O)[C@@H](NC(=O)OCc1ccccc1)C(C)C)C(O)c1nc2cc(CO[Si](C)(C)C(C)(C)C)ccc2o1. The van der Waals surface area contributed by atoms with Gasteiger partial charge in [0.05, 0.1) is 12.6 Å². The third-order valence-corrected chi connectivity index (χ3v) is 14.2. The zero-order valence-corrected chi connectivity index (χ0v) is 31.4. The first-order valence-corrected chi connectivity index (χ1v) is 20.2. The molecule has 1 aliphatic rings. The number of alkyl carbamates (subject to hydrolysis) is 1. The van der Waals surface area contributed by atoms with Crippen molar-refractivity contribution in [1.29, 1.82) is 0 Å². The third-order valence-electron chi connectivity index (χ3n) is 9.75. The lowest BCUT2D eigenvalue weighted by molar-refractivity contribution is -0.141. The molecule has 3 amide bonds. The van der Waals surface area contributed by atoms with Crippen LogP contribution in [0, 0.1) is 11.8 Å². The van der Waals surface area contributed by atoms with Gasteiger partial charge < -0.3 is 34.2 Å². The normalized spacial score (nSPS) is 17.3. The molecule has 1 aromatic heterocycles. The fourth-order valence-corrected chi connectivity index (χ4v) is 6.56. The van der Waals surface area contributed by atoms with Gasteiger partial charge >= 0.3 is 6.09 Å². The molecular weight excluding hydrogens is 641 g/mol. The highest BCUT2D eigenvalue weighted by Gasteiger charge is 2.41. The molecule has 49 heavy (non-hydrogen) atoms. The highest BCUT2D eigenvalue weighted by Crippen LogP contribution is 2.37. The molecule has 3 N–H and O–H groups in total. The van der Waals surface area contributed by atoms with E-state index in [1.54, 1.807) is 0 Å². The number of hydrogen-bond acceptors (Lipinski definition) is 8. The fourth-order valence-electron chi connectivity index (χ4n) is 5.60. The van der Waals surface area contributed by atoms with Crippen molar-refractivity contribution in [2.75, 3.05) is 6.54 Å². The van der Waals surface area contributed by atoms with E-state index in [0.29, 0.717) is 37.1 Å². The molecule has 1 saturated heterocycles. The molecule has 2 aromatic carbocycles. The van der Waals surface area contributed by atoms with Crippen LogP contribution in [0.2, 0.25) is 18.1 Å². The van der Waals surface area contributed by atoms with Gasteiger partial charge in [0.2, 0.25) is 17.7 Å². The molecule has 11 nitrogen and oxygen atoms in total. The third kappa shape index (κ3) is 9.49. The molecule has 4 rings (SSSR count). The van der Waals surface area contributed by atoms with Gasteiger partial charge in [-0.05, 0) is 66.1 Å². The average Bonchev–Trinajstić information content (AvgIpc) is 3.71. The number of aromatic nitrogens is 1. The number of hydrogen-bond donors (Lipinski definition) is 3. The van der Waals surface area contributed by atoms with Gasteiger partial charge in [-0.2, -0.15) is 0 Å². The number of nitrogens with one attached hydrogen (secondary N) is 2. The van der Waals surface area contributed by atoms with Crippen molar-refractivity contribution in [3.05, 3.63) is 65.5 Å². The lowest BCUT2D eigenvalue weighted by Crippen LogP contribution is -2.56. The second-order valence-corrected chi connectivity index (χ2v) is 20.1. The molecule has 1 unspecified atom stereocenters. The Hall–Kier alpha value is -3.74. The van der Waals surface area contributed by atoms with Crippen LogP contribution in [0.15, 0.2) is 52.9 Å². The number of rotatable bonds is 13. The molecule has 0 spiro atoms. The minimum Gasteiger partial charge on any atom is -0.445 e. The van der Waals surface area contributed by atoms with Crippen LogP contribution in [0.25, 0.3) is 11.1 Å². The molecular formula is C37H54N4O7Si. The van der Waals surface area contributed by atoms with Crippen LogP contribution in [0.4, 0.5) is 4.79 Å². The minimum absolute atomic E-state index is 0.0756. The summed E-state index contributed by atoms with van der Waals surface area (Å²) in [4.78, 5) is 46.3. The van der Waals surface area contributed by atoms with E-state index in [2.05, 4.69) is 49.5 Å². The highest BCUT2D eigenvalue weighted by atomic mass is 28.4. The summed E-state index contributed by atoms with van der Waals surface area (Å²) in [5.41, 5.74) is 2.92. The Bertz CT molecular complexity index is 1580. The number of amides is 3. The number of carbonyl (C=O) groups excluding carboxylic acids is 3. The van der Waals surface area contributed by atoms with Gasteiger partial charge in [0.1, 0.15) is 24.2 Å². The number of aliphatic hydroxyl groups excluding tert-OH is 1. The van der Waals surface area contributed by atoms with E-state index in [1.165, 1.54) is 4.90 Å². The predicted molar refractivity (Wildman–Crippen MR) is 191 cm³/mol. The first-order chi connectivity index (χ1) is 23.0. The van der Waals surface area contributed by atoms with Crippen molar-refractivity contribution >= 4 is 37.3 Å². The van der Waals surface area contributed by atoms with Gasteiger partial charge in [-0.15, -0.1) is 0 Å². The molecule has 0 aliphatic carbocycles. The molecule has 268 valence electrons. The summed E-state index contributed by atoms with van der Waals surface area (Å²) in [5, 5.41) is 17.2. The largest absolute Gasteiger partial charge is 0.445 e. The number of carbonyl (C=O) groups is 3. The molecule has 0 bridgehead atoms. The van der Waals surface area contributed by atoms with Crippen molar-refractivity contribution in [2.45, 2.75) is 117 Å². The Balaban J connectivity index is 1.42. The van der Waals surface area contributed by atoms with Crippen LogP contribution >= 0.6 is 0 Å².